The molecule has 0 saturated carbocycles. The zero-order chi connectivity index (χ0) is 9.84. The first-order valence-corrected chi connectivity index (χ1v) is 4.18. The van der Waals surface area contributed by atoms with E-state index in [-0.39, 0.29) is 12.6 Å². The molecule has 1 aliphatic heterocycles. The maximum atomic E-state index is 10.7. The van der Waals surface area contributed by atoms with Crippen molar-refractivity contribution in [2.75, 3.05) is 19.8 Å². The van der Waals surface area contributed by atoms with Gasteiger partial charge in [0.2, 0.25) is 0 Å². The molecule has 1 fully saturated rings. The van der Waals surface area contributed by atoms with Gasteiger partial charge in [0.05, 0.1) is 19.3 Å². The molecule has 0 bridgehead atoms. The van der Waals surface area contributed by atoms with E-state index in [4.69, 9.17) is 9.84 Å². The van der Waals surface area contributed by atoms with Gasteiger partial charge in [-0.1, -0.05) is 0 Å². The van der Waals surface area contributed by atoms with Crippen LogP contribution in [0.5, 0.6) is 0 Å². The average molecular weight is 187 g/mol. The third kappa shape index (κ3) is 2.26. The van der Waals surface area contributed by atoms with E-state index in [2.05, 4.69) is 0 Å². The highest BCUT2D eigenvalue weighted by Gasteiger charge is 2.31. The van der Waals surface area contributed by atoms with E-state index >= 15 is 0 Å². The van der Waals surface area contributed by atoms with Crippen LogP contribution in [0.1, 0.15) is 6.92 Å². The SMILES string of the molecule is CC(C=O)N1CCOCC1C(=O)O. The highest BCUT2D eigenvalue weighted by Crippen LogP contribution is 2.10. The Balaban J connectivity index is 2.66. The molecule has 1 N–H and O–H groups in total. The number of rotatable bonds is 3. The molecule has 5 heteroatoms. The molecule has 1 saturated heterocycles. The van der Waals surface area contributed by atoms with Crippen LogP contribution < -0.4 is 0 Å². The van der Waals surface area contributed by atoms with Crippen molar-refractivity contribution >= 4 is 12.3 Å². The van der Waals surface area contributed by atoms with Gasteiger partial charge < -0.3 is 14.6 Å². The summed E-state index contributed by atoms with van der Waals surface area (Å²) in [5.74, 6) is -0.937. The summed E-state index contributed by atoms with van der Waals surface area (Å²) in [4.78, 5) is 22.9. The molecule has 1 heterocycles. The zero-order valence-electron chi connectivity index (χ0n) is 7.47. The van der Waals surface area contributed by atoms with Gasteiger partial charge in [-0.3, -0.25) is 9.69 Å². The zero-order valence-corrected chi connectivity index (χ0v) is 7.47. The smallest absolute Gasteiger partial charge is 0.323 e. The molecule has 0 aliphatic carbocycles. The first-order valence-electron chi connectivity index (χ1n) is 4.18. The number of ether oxygens (including phenoxy) is 1. The van der Waals surface area contributed by atoms with Crippen molar-refractivity contribution in [1.82, 2.24) is 4.90 Å². The Labute approximate surface area is 76.3 Å². The van der Waals surface area contributed by atoms with Crippen molar-refractivity contribution in [3.63, 3.8) is 0 Å². The fourth-order valence-electron chi connectivity index (χ4n) is 1.40. The largest absolute Gasteiger partial charge is 0.480 e. The predicted octanol–water partition coefficient (Wildman–Crippen LogP) is -0.641. The number of aldehydes is 1. The molecule has 0 aromatic rings. The number of carboxylic acid groups (broad SMARTS) is 1. The van der Waals surface area contributed by atoms with Crippen molar-refractivity contribution < 1.29 is 19.4 Å². The maximum Gasteiger partial charge on any atom is 0.323 e. The molecular weight excluding hydrogens is 174 g/mol. The summed E-state index contributed by atoms with van der Waals surface area (Å²) in [5.41, 5.74) is 0. The lowest BCUT2D eigenvalue weighted by atomic mass is 10.2. The Kier molecular flexibility index (Phi) is 3.39. The Morgan fingerprint density at radius 1 is 1.77 bits per heavy atom. The topological polar surface area (TPSA) is 66.8 Å². The normalized spacial score (nSPS) is 26.7. The third-order valence-corrected chi connectivity index (χ3v) is 2.17. The Morgan fingerprint density at radius 2 is 2.46 bits per heavy atom. The second-order valence-corrected chi connectivity index (χ2v) is 3.04. The molecule has 13 heavy (non-hydrogen) atoms. The van der Waals surface area contributed by atoms with Gasteiger partial charge in [0, 0.05) is 6.54 Å². The lowest BCUT2D eigenvalue weighted by Gasteiger charge is -2.34. The van der Waals surface area contributed by atoms with Gasteiger partial charge in [-0.25, -0.2) is 0 Å². The summed E-state index contributed by atoms with van der Waals surface area (Å²) in [6.45, 7) is 2.83. The van der Waals surface area contributed by atoms with Crippen LogP contribution in [0.2, 0.25) is 0 Å². The molecule has 0 radical (unpaired) electrons. The van der Waals surface area contributed by atoms with Crippen LogP contribution in [0.25, 0.3) is 0 Å². The molecule has 0 spiro atoms. The molecular formula is C8H13NO4. The third-order valence-electron chi connectivity index (χ3n) is 2.17. The molecule has 2 unspecified atom stereocenters. The van der Waals surface area contributed by atoms with Crippen LogP contribution in [-0.4, -0.2) is 54.1 Å². The van der Waals surface area contributed by atoms with E-state index in [1.807, 2.05) is 0 Å². The minimum atomic E-state index is -0.937. The summed E-state index contributed by atoms with van der Waals surface area (Å²) < 4.78 is 5.03. The van der Waals surface area contributed by atoms with E-state index < -0.39 is 12.0 Å². The first-order chi connectivity index (χ1) is 6.16. The molecule has 1 aliphatic rings. The number of hydrogen-bond acceptors (Lipinski definition) is 4. The fraction of sp³-hybridized carbons (Fsp3) is 0.750. The summed E-state index contributed by atoms with van der Waals surface area (Å²) in [6, 6.07) is -1.04. The predicted molar refractivity (Wildman–Crippen MR) is 44.5 cm³/mol. The van der Waals surface area contributed by atoms with Crippen molar-refractivity contribution in [2.24, 2.45) is 0 Å². The Bertz CT molecular complexity index is 206. The number of carbonyl (C=O) groups excluding carboxylic acids is 1. The summed E-state index contributed by atoms with van der Waals surface area (Å²) >= 11 is 0. The molecule has 1 rings (SSSR count). The van der Waals surface area contributed by atoms with Gasteiger partial charge in [-0.05, 0) is 6.92 Å². The molecule has 0 aromatic heterocycles. The average Bonchev–Trinajstić information content (AvgIpc) is 2.16. The highest BCUT2D eigenvalue weighted by atomic mass is 16.5. The number of hydrogen-bond donors (Lipinski definition) is 1. The second-order valence-electron chi connectivity index (χ2n) is 3.04. The van der Waals surface area contributed by atoms with Gasteiger partial charge in [-0.2, -0.15) is 0 Å². The van der Waals surface area contributed by atoms with Crippen molar-refractivity contribution in [3.05, 3.63) is 0 Å². The molecule has 5 nitrogen and oxygen atoms in total. The summed E-state index contributed by atoms with van der Waals surface area (Å²) in [7, 11) is 0. The van der Waals surface area contributed by atoms with Gasteiger partial charge in [0.15, 0.2) is 0 Å². The van der Waals surface area contributed by atoms with E-state index in [1.54, 1.807) is 11.8 Å². The van der Waals surface area contributed by atoms with E-state index in [0.29, 0.717) is 13.2 Å². The van der Waals surface area contributed by atoms with Crippen LogP contribution in [0.4, 0.5) is 0 Å². The van der Waals surface area contributed by atoms with Gasteiger partial charge in [0.1, 0.15) is 12.3 Å². The number of carboxylic acids is 1. The van der Waals surface area contributed by atoms with E-state index in [0.717, 1.165) is 6.29 Å². The quantitative estimate of drug-likeness (QED) is 0.595. The lowest BCUT2D eigenvalue weighted by molar-refractivity contribution is -0.151. The molecule has 0 amide bonds. The van der Waals surface area contributed by atoms with Crippen LogP contribution in [-0.2, 0) is 14.3 Å². The van der Waals surface area contributed by atoms with Crippen LogP contribution in [0.3, 0.4) is 0 Å². The molecule has 74 valence electrons. The monoisotopic (exact) mass is 187 g/mol. The Hall–Kier alpha value is -0.940. The first kappa shape index (κ1) is 10.1. The maximum absolute atomic E-state index is 10.7. The number of carbonyl (C=O) groups is 2. The summed E-state index contributed by atoms with van der Waals surface area (Å²) in [5, 5.41) is 8.82. The van der Waals surface area contributed by atoms with Crippen LogP contribution >= 0.6 is 0 Å². The lowest BCUT2D eigenvalue weighted by Crippen LogP contribution is -2.53. The number of morpholine rings is 1. The van der Waals surface area contributed by atoms with E-state index in [9.17, 15) is 9.59 Å². The van der Waals surface area contributed by atoms with Crippen molar-refractivity contribution in [3.8, 4) is 0 Å². The van der Waals surface area contributed by atoms with Gasteiger partial charge in [0.25, 0.3) is 0 Å². The highest BCUT2D eigenvalue weighted by molar-refractivity contribution is 5.74. The minimum absolute atomic E-state index is 0.160. The van der Waals surface area contributed by atoms with Crippen LogP contribution in [0, 0.1) is 0 Å². The molecule has 2 atom stereocenters. The molecule has 0 aromatic carbocycles. The standard InChI is InChI=1S/C8H13NO4/c1-6(4-10)9-2-3-13-5-7(9)8(11)12/h4,6-7H,2-3,5H2,1H3,(H,11,12). The van der Waals surface area contributed by atoms with E-state index in [1.165, 1.54) is 0 Å². The van der Waals surface area contributed by atoms with Crippen LogP contribution in [0.15, 0.2) is 0 Å². The Morgan fingerprint density at radius 3 is 3.00 bits per heavy atom. The summed E-state index contributed by atoms with van der Waals surface area (Å²) in [6.07, 6.45) is 0.751. The fourth-order valence-corrected chi connectivity index (χ4v) is 1.40. The van der Waals surface area contributed by atoms with Gasteiger partial charge >= 0.3 is 5.97 Å². The minimum Gasteiger partial charge on any atom is -0.480 e. The van der Waals surface area contributed by atoms with Gasteiger partial charge in [-0.15, -0.1) is 0 Å². The number of nitrogens with zero attached hydrogens (tertiary/aromatic N) is 1. The van der Waals surface area contributed by atoms with Crippen molar-refractivity contribution in [2.45, 2.75) is 19.0 Å². The second kappa shape index (κ2) is 4.34. The van der Waals surface area contributed by atoms with Crippen molar-refractivity contribution in [1.29, 1.82) is 0 Å². The number of aliphatic carboxylic acids is 1.